The first-order chi connectivity index (χ1) is 9.04. The fourth-order valence-corrected chi connectivity index (χ4v) is 1.92. The minimum Gasteiger partial charge on any atom is -0.398 e. The van der Waals surface area contributed by atoms with Gasteiger partial charge in [0.05, 0.1) is 0 Å². The lowest BCUT2D eigenvalue weighted by molar-refractivity contribution is 0.866. The number of nitrogens with two attached hydrogens (primary N) is 2. The molecular formula is C15H24N4. The topological polar surface area (TPSA) is 76.4 Å². The number of benzene rings is 1. The number of hydrogen-bond acceptors (Lipinski definition) is 4. The minimum absolute atomic E-state index is 0.373. The summed E-state index contributed by atoms with van der Waals surface area (Å²) in [5.41, 5.74) is 16.7. The Balaban J connectivity index is 3.41. The van der Waals surface area contributed by atoms with Crippen LogP contribution in [-0.2, 0) is 0 Å². The van der Waals surface area contributed by atoms with E-state index >= 15 is 0 Å². The van der Waals surface area contributed by atoms with Gasteiger partial charge < -0.3 is 16.8 Å². The highest BCUT2D eigenvalue weighted by Crippen LogP contribution is 2.26. The summed E-state index contributed by atoms with van der Waals surface area (Å²) >= 11 is 0. The van der Waals surface area contributed by atoms with Gasteiger partial charge in [0.2, 0.25) is 0 Å². The molecule has 0 unspecified atom stereocenters. The molecule has 0 fully saturated rings. The van der Waals surface area contributed by atoms with E-state index < -0.39 is 0 Å². The first kappa shape index (κ1) is 15.2. The summed E-state index contributed by atoms with van der Waals surface area (Å²) in [6.45, 7) is 4.70. The van der Waals surface area contributed by atoms with E-state index in [1.54, 1.807) is 13.3 Å². The van der Waals surface area contributed by atoms with E-state index in [1.165, 1.54) is 5.56 Å². The summed E-state index contributed by atoms with van der Waals surface area (Å²) in [6, 6.07) is 6.28. The van der Waals surface area contributed by atoms with Crippen LogP contribution in [0.15, 0.2) is 28.8 Å². The maximum absolute atomic E-state index is 6.25. The standard InChI is InChI=1S/C15H24N4/c1-10(2)11-5-6-14(19-4)13(7-11)15(17)12(8-16)9-18-3/h5-7,9-10,19H,8,16-17H2,1-4H3. The van der Waals surface area contributed by atoms with Crippen LogP contribution in [0.5, 0.6) is 0 Å². The highest BCUT2D eigenvalue weighted by molar-refractivity contribution is 5.92. The van der Waals surface area contributed by atoms with Crippen molar-refractivity contribution in [3.8, 4) is 0 Å². The van der Waals surface area contributed by atoms with Gasteiger partial charge in [-0.1, -0.05) is 19.9 Å². The smallest absolute Gasteiger partial charge is 0.0469 e. The molecule has 0 saturated carbocycles. The van der Waals surface area contributed by atoms with Crippen molar-refractivity contribution < 1.29 is 0 Å². The van der Waals surface area contributed by atoms with E-state index in [2.05, 4.69) is 42.4 Å². The molecule has 5 N–H and O–H groups in total. The molecule has 0 aromatic heterocycles. The number of aliphatic imine (C=N–C) groups is 1. The van der Waals surface area contributed by atoms with E-state index in [4.69, 9.17) is 11.5 Å². The summed E-state index contributed by atoms with van der Waals surface area (Å²) in [6.07, 6.45) is 1.72. The second-order valence-electron chi connectivity index (χ2n) is 4.74. The van der Waals surface area contributed by atoms with Gasteiger partial charge in [0.1, 0.15) is 0 Å². The Morgan fingerprint density at radius 3 is 2.58 bits per heavy atom. The largest absolute Gasteiger partial charge is 0.398 e. The SMILES string of the molecule is CN=CC(CN)=C(N)c1cc(C(C)C)ccc1NC. The van der Waals surface area contributed by atoms with Crippen LogP contribution < -0.4 is 16.8 Å². The number of nitrogens with zero attached hydrogens (tertiary/aromatic N) is 1. The zero-order valence-electron chi connectivity index (χ0n) is 12.2. The fourth-order valence-electron chi connectivity index (χ4n) is 1.92. The first-order valence-corrected chi connectivity index (χ1v) is 6.48. The van der Waals surface area contributed by atoms with Gasteiger partial charge in [-0.3, -0.25) is 4.99 Å². The normalized spacial score (nSPS) is 12.9. The molecule has 0 bridgehead atoms. The molecule has 19 heavy (non-hydrogen) atoms. The van der Waals surface area contributed by atoms with Crippen molar-refractivity contribution in [3.05, 3.63) is 34.9 Å². The monoisotopic (exact) mass is 260 g/mol. The van der Waals surface area contributed by atoms with Crippen LogP contribution in [0.25, 0.3) is 5.70 Å². The van der Waals surface area contributed by atoms with Crippen molar-refractivity contribution in [3.63, 3.8) is 0 Å². The van der Waals surface area contributed by atoms with Crippen LogP contribution >= 0.6 is 0 Å². The van der Waals surface area contributed by atoms with Crippen molar-refractivity contribution in [1.29, 1.82) is 0 Å². The predicted octanol–water partition coefficient (Wildman–Crippen LogP) is 2.18. The third-order valence-electron chi connectivity index (χ3n) is 3.12. The molecule has 0 heterocycles. The van der Waals surface area contributed by atoms with Crippen molar-refractivity contribution in [2.24, 2.45) is 16.5 Å². The fraction of sp³-hybridized carbons (Fsp3) is 0.400. The molecule has 0 spiro atoms. The van der Waals surface area contributed by atoms with Gasteiger partial charge in [0.25, 0.3) is 0 Å². The molecule has 1 rings (SSSR count). The van der Waals surface area contributed by atoms with Gasteiger partial charge in [-0.05, 0) is 23.6 Å². The van der Waals surface area contributed by atoms with Gasteiger partial charge in [-0.2, -0.15) is 0 Å². The molecule has 104 valence electrons. The van der Waals surface area contributed by atoms with Crippen molar-refractivity contribution in [1.82, 2.24) is 0 Å². The lowest BCUT2D eigenvalue weighted by atomic mass is 9.97. The lowest BCUT2D eigenvalue weighted by Crippen LogP contribution is -2.13. The van der Waals surface area contributed by atoms with Gasteiger partial charge in [-0.15, -0.1) is 0 Å². The van der Waals surface area contributed by atoms with Crippen LogP contribution in [0, 0.1) is 0 Å². The quantitative estimate of drug-likeness (QED) is 0.710. The molecule has 4 heteroatoms. The Morgan fingerprint density at radius 2 is 2.11 bits per heavy atom. The van der Waals surface area contributed by atoms with Crippen LogP contribution in [0.1, 0.15) is 30.9 Å². The maximum Gasteiger partial charge on any atom is 0.0469 e. The Kier molecular flexibility index (Phi) is 5.57. The first-order valence-electron chi connectivity index (χ1n) is 6.48. The Labute approximate surface area is 115 Å². The van der Waals surface area contributed by atoms with Gasteiger partial charge in [-0.25, -0.2) is 0 Å². The molecule has 0 aliphatic heterocycles. The van der Waals surface area contributed by atoms with Crippen molar-refractivity contribution in [2.75, 3.05) is 26.0 Å². The Bertz CT molecular complexity index is 487. The number of hydrogen-bond donors (Lipinski definition) is 3. The van der Waals surface area contributed by atoms with Gasteiger partial charge in [0, 0.05) is 49.4 Å². The third-order valence-corrected chi connectivity index (χ3v) is 3.12. The zero-order chi connectivity index (χ0) is 14.4. The maximum atomic E-state index is 6.25. The second kappa shape index (κ2) is 6.95. The van der Waals surface area contributed by atoms with Crippen LogP contribution in [0.3, 0.4) is 0 Å². The number of rotatable bonds is 5. The van der Waals surface area contributed by atoms with E-state index in [0.29, 0.717) is 18.2 Å². The van der Waals surface area contributed by atoms with Crippen molar-refractivity contribution in [2.45, 2.75) is 19.8 Å². The highest BCUT2D eigenvalue weighted by Gasteiger charge is 2.10. The van der Waals surface area contributed by atoms with Crippen molar-refractivity contribution >= 4 is 17.6 Å². The minimum atomic E-state index is 0.373. The number of anilines is 1. The molecule has 1 aromatic rings. The molecule has 0 amide bonds. The Hall–Kier alpha value is -1.81. The summed E-state index contributed by atoms with van der Waals surface area (Å²) in [5.74, 6) is 0.457. The van der Waals surface area contributed by atoms with E-state index in [9.17, 15) is 0 Å². The third kappa shape index (κ3) is 3.58. The van der Waals surface area contributed by atoms with E-state index in [-0.39, 0.29) is 0 Å². The predicted molar refractivity (Wildman–Crippen MR) is 84.7 cm³/mol. The summed E-state index contributed by atoms with van der Waals surface area (Å²) in [5, 5.41) is 3.16. The summed E-state index contributed by atoms with van der Waals surface area (Å²) in [7, 11) is 3.60. The van der Waals surface area contributed by atoms with Gasteiger partial charge >= 0.3 is 0 Å². The van der Waals surface area contributed by atoms with E-state index in [0.717, 1.165) is 16.8 Å². The van der Waals surface area contributed by atoms with Crippen LogP contribution in [-0.4, -0.2) is 26.9 Å². The molecule has 0 atom stereocenters. The molecule has 0 aliphatic carbocycles. The zero-order valence-corrected chi connectivity index (χ0v) is 12.2. The average Bonchev–Trinajstić information content (AvgIpc) is 2.43. The summed E-state index contributed by atoms with van der Waals surface area (Å²) in [4.78, 5) is 4.00. The van der Waals surface area contributed by atoms with Gasteiger partial charge in [0.15, 0.2) is 0 Å². The second-order valence-corrected chi connectivity index (χ2v) is 4.74. The number of nitrogens with one attached hydrogen (secondary N) is 1. The molecule has 1 aromatic carbocycles. The Morgan fingerprint density at radius 1 is 1.42 bits per heavy atom. The van der Waals surface area contributed by atoms with E-state index in [1.807, 2.05) is 7.05 Å². The average molecular weight is 260 g/mol. The van der Waals surface area contributed by atoms with Crippen LogP contribution in [0.4, 0.5) is 5.69 Å². The molecule has 0 saturated heterocycles. The lowest BCUT2D eigenvalue weighted by Gasteiger charge is -2.15. The molecule has 0 aliphatic rings. The van der Waals surface area contributed by atoms with Crippen LogP contribution in [0.2, 0.25) is 0 Å². The molecule has 0 radical (unpaired) electrons. The highest BCUT2D eigenvalue weighted by atomic mass is 14.8. The summed E-state index contributed by atoms with van der Waals surface area (Å²) < 4.78 is 0. The molecule has 4 nitrogen and oxygen atoms in total. The molecular weight excluding hydrogens is 236 g/mol.